The zero-order valence-corrected chi connectivity index (χ0v) is 6.83. The Bertz CT molecular complexity index is 384. The molecule has 0 bridgehead atoms. The zero-order valence-electron chi connectivity index (χ0n) is 6.83. The molecule has 0 aliphatic rings. The van der Waals surface area contributed by atoms with Crippen molar-refractivity contribution in [1.82, 2.24) is 19.5 Å². The van der Waals surface area contributed by atoms with E-state index in [1.807, 2.05) is 0 Å². The number of aromatic nitrogens is 4. The maximum absolute atomic E-state index is 8.79. The highest BCUT2D eigenvalue weighted by Crippen LogP contribution is 2.04. The second kappa shape index (κ2) is 3.32. The van der Waals surface area contributed by atoms with Crippen LogP contribution in [0.2, 0.25) is 0 Å². The number of imidazole rings is 1. The van der Waals surface area contributed by atoms with Gasteiger partial charge in [-0.05, 0) is 0 Å². The fraction of sp³-hybridized carbons (Fsp3) is 0.125. The van der Waals surface area contributed by atoms with Gasteiger partial charge in [-0.2, -0.15) is 0 Å². The van der Waals surface area contributed by atoms with Crippen molar-refractivity contribution in [2.24, 2.45) is 0 Å². The topological polar surface area (TPSA) is 63.8 Å². The lowest BCUT2D eigenvalue weighted by atomic mass is 10.5. The van der Waals surface area contributed by atoms with Gasteiger partial charge in [0.1, 0.15) is 6.33 Å². The quantitative estimate of drug-likeness (QED) is 0.707. The first-order valence-electron chi connectivity index (χ1n) is 3.79. The standard InChI is InChI=1S/C8H8N4O/c13-4-7-3-12(6-11-7)8-1-9-5-10-2-8/h1-3,5-6,13H,4H2. The SMILES string of the molecule is OCc1cn(-c2cncnc2)cn1. The number of rotatable bonds is 2. The van der Waals surface area contributed by atoms with Crippen LogP contribution in [0.3, 0.4) is 0 Å². The van der Waals surface area contributed by atoms with Gasteiger partial charge in [0, 0.05) is 6.20 Å². The Morgan fingerprint density at radius 3 is 2.69 bits per heavy atom. The van der Waals surface area contributed by atoms with Crippen molar-refractivity contribution >= 4 is 0 Å². The number of aliphatic hydroxyl groups excluding tert-OH is 1. The molecule has 0 aliphatic heterocycles. The third kappa shape index (κ3) is 1.54. The average Bonchev–Trinajstić information content (AvgIpc) is 2.67. The van der Waals surface area contributed by atoms with E-state index in [-0.39, 0.29) is 6.61 Å². The highest BCUT2D eigenvalue weighted by molar-refractivity contribution is 5.24. The summed E-state index contributed by atoms with van der Waals surface area (Å²) < 4.78 is 1.76. The minimum absolute atomic E-state index is 0.0549. The van der Waals surface area contributed by atoms with Crippen molar-refractivity contribution in [3.63, 3.8) is 0 Å². The molecule has 2 rings (SSSR count). The molecular formula is C8H8N4O. The Hall–Kier alpha value is -1.75. The van der Waals surface area contributed by atoms with Crippen molar-refractivity contribution in [3.8, 4) is 5.69 Å². The van der Waals surface area contributed by atoms with Crippen LogP contribution in [0.1, 0.15) is 5.69 Å². The van der Waals surface area contributed by atoms with Gasteiger partial charge < -0.3 is 9.67 Å². The van der Waals surface area contributed by atoms with E-state index < -0.39 is 0 Å². The Balaban J connectivity index is 2.36. The molecule has 0 atom stereocenters. The minimum atomic E-state index is -0.0549. The number of nitrogens with zero attached hydrogens (tertiary/aromatic N) is 4. The van der Waals surface area contributed by atoms with Gasteiger partial charge in [0.05, 0.1) is 36.7 Å². The van der Waals surface area contributed by atoms with Gasteiger partial charge in [0.2, 0.25) is 0 Å². The summed E-state index contributed by atoms with van der Waals surface area (Å²) in [4.78, 5) is 11.7. The lowest BCUT2D eigenvalue weighted by molar-refractivity contribution is 0.277. The van der Waals surface area contributed by atoms with Gasteiger partial charge >= 0.3 is 0 Å². The first kappa shape index (κ1) is 7.88. The molecule has 0 saturated heterocycles. The van der Waals surface area contributed by atoms with E-state index in [2.05, 4.69) is 15.0 Å². The van der Waals surface area contributed by atoms with E-state index in [9.17, 15) is 0 Å². The molecule has 2 aromatic rings. The van der Waals surface area contributed by atoms with E-state index in [0.29, 0.717) is 5.69 Å². The van der Waals surface area contributed by atoms with Gasteiger partial charge in [-0.15, -0.1) is 0 Å². The van der Waals surface area contributed by atoms with Crippen LogP contribution in [-0.4, -0.2) is 24.6 Å². The molecular weight excluding hydrogens is 168 g/mol. The van der Waals surface area contributed by atoms with Crippen molar-refractivity contribution in [3.05, 3.63) is 36.9 Å². The van der Waals surface area contributed by atoms with E-state index in [1.54, 1.807) is 29.5 Å². The van der Waals surface area contributed by atoms with Crippen LogP contribution in [-0.2, 0) is 6.61 Å². The molecule has 0 radical (unpaired) electrons. The Morgan fingerprint density at radius 2 is 2.08 bits per heavy atom. The molecule has 0 unspecified atom stereocenters. The number of hydrogen-bond acceptors (Lipinski definition) is 4. The molecule has 0 saturated carbocycles. The molecule has 2 heterocycles. The molecule has 0 fully saturated rings. The van der Waals surface area contributed by atoms with E-state index in [4.69, 9.17) is 5.11 Å². The van der Waals surface area contributed by atoms with Crippen LogP contribution in [0.5, 0.6) is 0 Å². The van der Waals surface area contributed by atoms with Crippen molar-refractivity contribution in [2.75, 3.05) is 0 Å². The third-order valence-corrected chi connectivity index (χ3v) is 1.64. The second-order valence-corrected chi connectivity index (χ2v) is 2.53. The molecule has 5 nitrogen and oxygen atoms in total. The molecule has 13 heavy (non-hydrogen) atoms. The summed E-state index contributed by atoms with van der Waals surface area (Å²) in [6.07, 6.45) is 8.17. The summed E-state index contributed by atoms with van der Waals surface area (Å²) in [6, 6.07) is 0. The van der Waals surface area contributed by atoms with Gasteiger partial charge in [0.15, 0.2) is 0 Å². The summed E-state index contributed by atoms with van der Waals surface area (Å²) in [5.41, 5.74) is 1.46. The molecule has 1 N–H and O–H groups in total. The summed E-state index contributed by atoms with van der Waals surface area (Å²) in [5.74, 6) is 0. The van der Waals surface area contributed by atoms with Crippen LogP contribution in [0.15, 0.2) is 31.2 Å². The Morgan fingerprint density at radius 1 is 1.31 bits per heavy atom. The predicted octanol–water partition coefficient (Wildman–Crippen LogP) is 0.155. The third-order valence-electron chi connectivity index (χ3n) is 1.64. The van der Waals surface area contributed by atoms with Crippen LogP contribution < -0.4 is 0 Å². The van der Waals surface area contributed by atoms with Gasteiger partial charge in [-0.3, -0.25) is 0 Å². The largest absolute Gasteiger partial charge is 0.390 e. The highest BCUT2D eigenvalue weighted by atomic mass is 16.3. The molecule has 5 heteroatoms. The average molecular weight is 176 g/mol. The Kier molecular flexibility index (Phi) is 2.01. The second-order valence-electron chi connectivity index (χ2n) is 2.53. The lowest BCUT2D eigenvalue weighted by Crippen LogP contribution is -1.91. The molecule has 2 aromatic heterocycles. The fourth-order valence-corrected chi connectivity index (χ4v) is 1.01. The van der Waals surface area contributed by atoms with Crippen molar-refractivity contribution < 1.29 is 5.11 Å². The van der Waals surface area contributed by atoms with Crippen LogP contribution in [0.4, 0.5) is 0 Å². The first-order chi connectivity index (χ1) is 6.40. The predicted molar refractivity (Wildman–Crippen MR) is 45.1 cm³/mol. The lowest BCUT2D eigenvalue weighted by Gasteiger charge is -1.97. The summed E-state index contributed by atoms with van der Waals surface area (Å²) in [7, 11) is 0. The van der Waals surface area contributed by atoms with Crippen LogP contribution in [0.25, 0.3) is 5.69 Å². The molecule has 0 spiro atoms. The maximum Gasteiger partial charge on any atom is 0.115 e. The van der Waals surface area contributed by atoms with Gasteiger partial charge in [-0.1, -0.05) is 0 Å². The zero-order chi connectivity index (χ0) is 9.10. The minimum Gasteiger partial charge on any atom is -0.390 e. The summed E-state index contributed by atoms with van der Waals surface area (Å²) >= 11 is 0. The molecule has 0 amide bonds. The van der Waals surface area contributed by atoms with Crippen LogP contribution >= 0.6 is 0 Å². The molecule has 66 valence electrons. The van der Waals surface area contributed by atoms with Gasteiger partial charge in [-0.25, -0.2) is 15.0 Å². The maximum atomic E-state index is 8.79. The van der Waals surface area contributed by atoms with Gasteiger partial charge in [0.25, 0.3) is 0 Å². The molecule has 0 aliphatic carbocycles. The normalized spacial score (nSPS) is 10.2. The van der Waals surface area contributed by atoms with Crippen molar-refractivity contribution in [1.29, 1.82) is 0 Å². The van der Waals surface area contributed by atoms with E-state index in [1.165, 1.54) is 6.33 Å². The smallest absolute Gasteiger partial charge is 0.115 e. The Labute approximate surface area is 74.7 Å². The van der Waals surface area contributed by atoms with Crippen LogP contribution in [0, 0.1) is 0 Å². The number of aliphatic hydroxyl groups is 1. The fourth-order valence-electron chi connectivity index (χ4n) is 1.01. The monoisotopic (exact) mass is 176 g/mol. The van der Waals surface area contributed by atoms with E-state index in [0.717, 1.165) is 5.69 Å². The van der Waals surface area contributed by atoms with E-state index >= 15 is 0 Å². The first-order valence-corrected chi connectivity index (χ1v) is 3.79. The summed E-state index contributed by atoms with van der Waals surface area (Å²) in [6.45, 7) is -0.0549. The molecule has 0 aromatic carbocycles. The number of hydrogen-bond donors (Lipinski definition) is 1. The summed E-state index contributed by atoms with van der Waals surface area (Å²) in [5, 5.41) is 8.79. The van der Waals surface area contributed by atoms with Crippen molar-refractivity contribution in [2.45, 2.75) is 6.61 Å². The highest BCUT2D eigenvalue weighted by Gasteiger charge is 1.98.